The number of amides is 1. The largest absolute Gasteiger partial charge is 0.481 e. The number of carbonyl (C=O) groups is 2. The summed E-state index contributed by atoms with van der Waals surface area (Å²) < 4.78 is 1.07. The molecule has 2 rings (SSSR count). The van der Waals surface area contributed by atoms with Gasteiger partial charge in [0.1, 0.15) is 0 Å². The lowest BCUT2D eigenvalue weighted by Crippen LogP contribution is -2.38. The van der Waals surface area contributed by atoms with Crippen LogP contribution < -0.4 is 0 Å². The average Bonchev–Trinajstić information content (AvgIpc) is 3.29. The fourth-order valence-electron chi connectivity index (χ4n) is 2.47. The predicted octanol–water partition coefficient (Wildman–Crippen LogP) is 3.40. The molecule has 22 heavy (non-hydrogen) atoms. The molecule has 0 spiro atoms. The zero-order valence-corrected chi connectivity index (χ0v) is 14.6. The lowest BCUT2D eigenvalue weighted by Gasteiger charge is -2.24. The van der Waals surface area contributed by atoms with Crippen LogP contribution in [-0.4, -0.2) is 34.5 Å². The van der Waals surface area contributed by atoms with Crippen LogP contribution in [0.15, 0.2) is 22.7 Å². The molecule has 1 amide bonds. The van der Waals surface area contributed by atoms with Crippen molar-refractivity contribution in [3.63, 3.8) is 0 Å². The summed E-state index contributed by atoms with van der Waals surface area (Å²) in [7, 11) is 0. The molecule has 1 saturated carbocycles. The second-order valence-electron chi connectivity index (χ2n) is 6.10. The molecule has 0 heterocycles. The van der Waals surface area contributed by atoms with Crippen LogP contribution in [0, 0.1) is 12.8 Å². The summed E-state index contributed by atoms with van der Waals surface area (Å²) in [5.74, 6) is -1.29. The molecule has 1 aliphatic carbocycles. The average molecular weight is 368 g/mol. The Morgan fingerprint density at radius 2 is 2.09 bits per heavy atom. The molecule has 1 aromatic carbocycles. The molecule has 5 heteroatoms. The highest BCUT2D eigenvalue weighted by molar-refractivity contribution is 9.10. The maximum Gasteiger partial charge on any atom is 0.308 e. The van der Waals surface area contributed by atoms with E-state index in [4.69, 9.17) is 5.11 Å². The van der Waals surface area contributed by atoms with Crippen LogP contribution in [0.2, 0.25) is 0 Å². The van der Waals surface area contributed by atoms with Crippen molar-refractivity contribution in [3.05, 3.63) is 33.8 Å². The van der Waals surface area contributed by atoms with Crippen molar-refractivity contribution < 1.29 is 14.7 Å². The predicted molar refractivity (Wildman–Crippen MR) is 88.7 cm³/mol. The lowest BCUT2D eigenvalue weighted by molar-refractivity contribution is -0.143. The number of rotatable bonds is 7. The van der Waals surface area contributed by atoms with Gasteiger partial charge in [-0.3, -0.25) is 9.59 Å². The number of nitrogens with zero attached hydrogens (tertiary/aromatic N) is 1. The highest BCUT2D eigenvalue weighted by atomic mass is 79.9. The molecule has 0 saturated heterocycles. The Morgan fingerprint density at radius 1 is 1.41 bits per heavy atom. The summed E-state index contributed by atoms with van der Waals surface area (Å²) in [6.45, 7) is 4.00. The SMILES string of the molecule is Cc1cc(CCC(=O)N(CC(C)C(=O)O)C2CC2)ccc1Br. The normalized spacial score (nSPS) is 15.4. The number of carboxylic acid groups (broad SMARTS) is 1. The van der Waals surface area contributed by atoms with Gasteiger partial charge in [-0.2, -0.15) is 0 Å². The third kappa shape index (κ3) is 4.57. The Kier molecular flexibility index (Phi) is 5.62. The van der Waals surface area contributed by atoms with Crippen LogP contribution in [0.4, 0.5) is 0 Å². The number of benzene rings is 1. The Labute approximate surface area is 139 Å². The maximum absolute atomic E-state index is 12.4. The minimum atomic E-state index is -0.845. The molecule has 120 valence electrons. The van der Waals surface area contributed by atoms with Gasteiger partial charge in [-0.25, -0.2) is 0 Å². The van der Waals surface area contributed by atoms with E-state index in [1.807, 2.05) is 19.1 Å². The van der Waals surface area contributed by atoms with Crippen molar-refractivity contribution in [2.75, 3.05) is 6.54 Å². The van der Waals surface area contributed by atoms with Gasteiger partial charge in [0.05, 0.1) is 5.92 Å². The minimum Gasteiger partial charge on any atom is -0.481 e. The maximum atomic E-state index is 12.4. The molecule has 1 N–H and O–H groups in total. The number of aliphatic carboxylic acids is 1. The van der Waals surface area contributed by atoms with E-state index in [1.54, 1.807) is 11.8 Å². The lowest BCUT2D eigenvalue weighted by atomic mass is 10.1. The number of halogens is 1. The smallest absolute Gasteiger partial charge is 0.308 e. The topological polar surface area (TPSA) is 57.6 Å². The Bertz CT molecular complexity index is 569. The Morgan fingerprint density at radius 3 is 2.64 bits per heavy atom. The molecule has 4 nitrogen and oxygen atoms in total. The van der Waals surface area contributed by atoms with E-state index < -0.39 is 11.9 Å². The molecule has 1 aliphatic rings. The Balaban J connectivity index is 1.93. The van der Waals surface area contributed by atoms with Gasteiger partial charge < -0.3 is 10.0 Å². The molecule has 0 aliphatic heterocycles. The molecule has 1 aromatic rings. The van der Waals surface area contributed by atoms with Gasteiger partial charge in [0.15, 0.2) is 0 Å². The zero-order chi connectivity index (χ0) is 16.3. The van der Waals surface area contributed by atoms with E-state index in [0.717, 1.165) is 28.4 Å². The monoisotopic (exact) mass is 367 g/mol. The number of aryl methyl sites for hydroxylation is 2. The fraction of sp³-hybridized carbons (Fsp3) is 0.529. The first-order chi connectivity index (χ1) is 10.4. The highest BCUT2D eigenvalue weighted by Gasteiger charge is 2.34. The van der Waals surface area contributed by atoms with Crippen molar-refractivity contribution in [1.29, 1.82) is 0 Å². The molecule has 0 aromatic heterocycles. The van der Waals surface area contributed by atoms with Crippen LogP contribution in [0.3, 0.4) is 0 Å². The van der Waals surface area contributed by atoms with Gasteiger partial charge in [0.25, 0.3) is 0 Å². The van der Waals surface area contributed by atoms with E-state index in [1.165, 1.54) is 0 Å². The molecule has 1 atom stereocenters. The third-order valence-electron chi connectivity index (χ3n) is 4.05. The van der Waals surface area contributed by atoms with Crippen molar-refractivity contribution in [2.24, 2.45) is 5.92 Å². The van der Waals surface area contributed by atoms with Crippen LogP contribution in [0.5, 0.6) is 0 Å². The molecule has 0 bridgehead atoms. The Hall–Kier alpha value is -1.36. The van der Waals surface area contributed by atoms with Crippen molar-refractivity contribution in [1.82, 2.24) is 4.90 Å². The van der Waals surface area contributed by atoms with Gasteiger partial charge in [0.2, 0.25) is 5.91 Å². The fourth-order valence-corrected chi connectivity index (χ4v) is 2.72. The summed E-state index contributed by atoms with van der Waals surface area (Å²) in [4.78, 5) is 25.2. The van der Waals surface area contributed by atoms with Crippen molar-refractivity contribution in [2.45, 2.75) is 45.6 Å². The minimum absolute atomic E-state index is 0.0659. The van der Waals surface area contributed by atoms with Crippen LogP contribution in [0.25, 0.3) is 0 Å². The summed E-state index contributed by atoms with van der Waals surface area (Å²) in [6.07, 6.45) is 3.12. The second kappa shape index (κ2) is 7.27. The number of hydrogen-bond acceptors (Lipinski definition) is 2. The van der Waals surface area contributed by atoms with E-state index in [-0.39, 0.29) is 11.9 Å². The van der Waals surface area contributed by atoms with E-state index in [9.17, 15) is 9.59 Å². The molecular weight excluding hydrogens is 346 g/mol. The first-order valence-corrected chi connectivity index (χ1v) is 8.45. The van der Waals surface area contributed by atoms with Gasteiger partial charge in [0, 0.05) is 23.5 Å². The summed E-state index contributed by atoms with van der Waals surface area (Å²) in [5, 5.41) is 9.04. The number of carboxylic acids is 1. The number of carbonyl (C=O) groups excluding carboxylic acids is 1. The summed E-state index contributed by atoms with van der Waals surface area (Å²) in [6, 6.07) is 6.35. The molecule has 0 radical (unpaired) electrons. The van der Waals surface area contributed by atoms with E-state index >= 15 is 0 Å². The number of hydrogen-bond donors (Lipinski definition) is 1. The quantitative estimate of drug-likeness (QED) is 0.803. The van der Waals surface area contributed by atoms with Gasteiger partial charge >= 0.3 is 5.97 Å². The van der Waals surface area contributed by atoms with Gasteiger partial charge in [-0.05, 0) is 43.4 Å². The van der Waals surface area contributed by atoms with Gasteiger partial charge in [-0.1, -0.05) is 35.0 Å². The zero-order valence-electron chi connectivity index (χ0n) is 13.0. The molecule has 1 fully saturated rings. The highest BCUT2D eigenvalue weighted by Crippen LogP contribution is 2.28. The van der Waals surface area contributed by atoms with E-state index in [0.29, 0.717) is 19.4 Å². The van der Waals surface area contributed by atoms with Crippen molar-refractivity contribution >= 4 is 27.8 Å². The molecule has 1 unspecified atom stereocenters. The van der Waals surface area contributed by atoms with Crippen LogP contribution >= 0.6 is 15.9 Å². The molecular formula is C17H22BrNO3. The second-order valence-corrected chi connectivity index (χ2v) is 6.95. The van der Waals surface area contributed by atoms with Crippen LogP contribution in [-0.2, 0) is 16.0 Å². The standard InChI is InChI=1S/C17H22BrNO3/c1-11-9-13(3-7-15(11)18)4-8-16(20)19(14-5-6-14)10-12(2)17(21)22/h3,7,9,12,14H,4-6,8,10H2,1-2H3,(H,21,22). The van der Waals surface area contributed by atoms with E-state index in [2.05, 4.69) is 22.0 Å². The van der Waals surface area contributed by atoms with Gasteiger partial charge in [-0.15, -0.1) is 0 Å². The first kappa shape index (κ1) is 17.0. The summed E-state index contributed by atoms with van der Waals surface area (Å²) in [5.41, 5.74) is 2.29. The summed E-state index contributed by atoms with van der Waals surface area (Å²) >= 11 is 3.47. The van der Waals surface area contributed by atoms with Crippen LogP contribution in [0.1, 0.15) is 37.3 Å². The first-order valence-electron chi connectivity index (χ1n) is 7.65. The third-order valence-corrected chi connectivity index (χ3v) is 4.94. The van der Waals surface area contributed by atoms with Crippen molar-refractivity contribution in [3.8, 4) is 0 Å².